The number of sulfonamides is 1. The highest BCUT2D eigenvalue weighted by atomic mass is 32.2. The number of benzene rings is 1. The molecule has 1 atom stereocenters. The fraction of sp³-hybridized carbons (Fsp3) is 0.286. The van der Waals surface area contributed by atoms with E-state index in [4.69, 9.17) is 4.42 Å². The van der Waals surface area contributed by atoms with E-state index in [-0.39, 0.29) is 17.5 Å². The molecule has 1 aromatic carbocycles. The molecular weight excluding hydrogens is 322 g/mol. The molecule has 0 fully saturated rings. The number of furan rings is 1. The minimum atomic E-state index is -4.02. The third-order valence-corrected chi connectivity index (χ3v) is 4.78. The van der Waals surface area contributed by atoms with Crippen LogP contribution in [0.25, 0.3) is 0 Å². The van der Waals surface area contributed by atoms with Crippen molar-refractivity contribution in [3.05, 3.63) is 58.5 Å². The summed E-state index contributed by atoms with van der Waals surface area (Å²) in [6, 6.07) is 8.34. The van der Waals surface area contributed by atoms with Gasteiger partial charge in [-0.05, 0) is 32.3 Å². The summed E-state index contributed by atoms with van der Waals surface area (Å²) in [4.78, 5) is 11.7. The molecule has 1 aromatic heterocycles. The molecule has 0 aliphatic carbocycles. The molecule has 0 aliphatic rings. The van der Waals surface area contributed by atoms with Gasteiger partial charge >= 0.3 is 0 Å². The van der Waals surface area contributed by atoms with Crippen molar-refractivity contribution in [3.63, 3.8) is 0 Å². The summed E-state index contributed by atoms with van der Waals surface area (Å²) in [5.74, 6) is 0.597. The first-order valence-corrected chi connectivity index (χ1v) is 8.24. The predicted octanol–water partition coefficient (Wildman–Crippen LogP) is 1.77. The molecule has 0 saturated heterocycles. The fourth-order valence-electron chi connectivity index (χ4n) is 2.12. The molecule has 8 nitrogen and oxygen atoms in total. The van der Waals surface area contributed by atoms with Crippen LogP contribution in [0.5, 0.6) is 0 Å². The zero-order valence-electron chi connectivity index (χ0n) is 12.7. The van der Waals surface area contributed by atoms with E-state index in [1.54, 1.807) is 31.1 Å². The van der Waals surface area contributed by atoms with Crippen LogP contribution in [-0.4, -0.2) is 38.9 Å². The average Bonchev–Trinajstić information content (AvgIpc) is 3.01. The van der Waals surface area contributed by atoms with Gasteiger partial charge in [-0.25, -0.2) is 13.1 Å². The topological polar surface area (TPSA) is 106 Å². The highest BCUT2D eigenvalue weighted by Gasteiger charge is 2.27. The number of hydrogen-bond donors (Lipinski definition) is 1. The molecule has 23 heavy (non-hydrogen) atoms. The van der Waals surface area contributed by atoms with Crippen LogP contribution in [0.2, 0.25) is 0 Å². The largest absolute Gasteiger partial charge is 0.468 e. The van der Waals surface area contributed by atoms with Gasteiger partial charge in [0.25, 0.3) is 5.69 Å². The highest BCUT2D eigenvalue weighted by molar-refractivity contribution is 7.89. The smallest absolute Gasteiger partial charge is 0.289 e. The van der Waals surface area contributed by atoms with Crippen LogP contribution in [0.3, 0.4) is 0 Å². The molecule has 0 aliphatic heterocycles. The van der Waals surface area contributed by atoms with Crippen LogP contribution in [0.15, 0.2) is 52.0 Å². The molecule has 2 rings (SSSR count). The molecule has 0 unspecified atom stereocenters. The van der Waals surface area contributed by atoms with E-state index in [1.165, 1.54) is 24.5 Å². The summed E-state index contributed by atoms with van der Waals surface area (Å²) in [6.45, 7) is 0.0227. The van der Waals surface area contributed by atoms with Crippen molar-refractivity contribution in [3.8, 4) is 0 Å². The second kappa shape index (κ2) is 6.90. The van der Waals surface area contributed by atoms with Crippen molar-refractivity contribution in [2.75, 3.05) is 20.6 Å². The first-order valence-electron chi connectivity index (χ1n) is 6.76. The Kier molecular flexibility index (Phi) is 5.14. The second-order valence-corrected chi connectivity index (χ2v) is 6.81. The van der Waals surface area contributed by atoms with Gasteiger partial charge in [-0.2, -0.15) is 0 Å². The summed E-state index contributed by atoms with van der Waals surface area (Å²) in [5.41, 5.74) is -0.459. The maximum atomic E-state index is 12.4. The van der Waals surface area contributed by atoms with Gasteiger partial charge in [0.1, 0.15) is 5.76 Å². The summed E-state index contributed by atoms with van der Waals surface area (Å²) in [6.07, 6.45) is 1.50. The molecular formula is C14H17N3O5S. The monoisotopic (exact) mass is 339 g/mol. The Morgan fingerprint density at radius 1 is 1.26 bits per heavy atom. The predicted molar refractivity (Wildman–Crippen MR) is 83.4 cm³/mol. The van der Waals surface area contributed by atoms with Gasteiger partial charge in [0.15, 0.2) is 4.90 Å². The fourth-order valence-corrected chi connectivity index (χ4v) is 3.33. The minimum Gasteiger partial charge on any atom is -0.468 e. The number of para-hydroxylation sites is 1. The van der Waals surface area contributed by atoms with Gasteiger partial charge in [-0.15, -0.1) is 0 Å². The summed E-state index contributed by atoms with van der Waals surface area (Å²) in [7, 11) is -0.447. The second-order valence-electron chi connectivity index (χ2n) is 5.07. The molecule has 1 N–H and O–H groups in total. The molecule has 2 aromatic rings. The lowest BCUT2D eigenvalue weighted by atomic mass is 10.2. The van der Waals surface area contributed by atoms with E-state index in [0.717, 1.165) is 6.07 Å². The van der Waals surface area contributed by atoms with Crippen molar-refractivity contribution < 1.29 is 17.8 Å². The molecule has 0 amide bonds. The zero-order valence-corrected chi connectivity index (χ0v) is 13.5. The van der Waals surface area contributed by atoms with E-state index < -0.39 is 20.6 Å². The van der Waals surface area contributed by atoms with Gasteiger partial charge in [-0.3, -0.25) is 15.0 Å². The van der Waals surface area contributed by atoms with Gasteiger partial charge < -0.3 is 4.42 Å². The number of rotatable bonds is 7. The molecule has 0 bridgehead atoms. The molecule has 124 valence electrons. The number of nitro groups is 1. The lowest BCUT2D eigenvalue weighted by molar-refractivity contribution is -0.387. The number of nitro benzene ring substituents is 1. The van der Waals surface area contributed by atoms with Crippen molar-refractivity contribution >= 4 is 15.7 Å². The standard InChI is InChI=1S/C14H17N3O5S/c1-16(2)12(13-7-5-9-22-13)10-15-23(20,21)14-8-4-3-6-11(14)17(18)19/h3-9,12,15H,10H2,1-2H3/t12-/m0/s1. The van der Waals surface area contributed by atoms with Crippen LogP contribution in [0.4, 0.5) is 5.69 Å². The third-order valence-electron chi connectivity index (χ3n) is 3.31. The van der Waals surface area contributed by atoms with E-state index in [1.807, 2.05) is 0 Å². The van der Waals surface area contributed by atoms with Crippen LogP contribution in [0.1, 0.15) is 11.8 Å². The van der Waals surface area contributed by atoms with Gasteiger partial charge in [0.2, 0.25) is 10.0 Å². The number of hydrogen-bond acceptors (Lipinski definition) is 6. The lowest BCUT2D eigenvalue weighted by Crippen LogP contribution is -2.34. The van der Waals surface area contributed by atoms with Crippen LogP contribution in [-0.2, 0) is 10.0 Å². The summed E-state index contributed by atoms with van der Waals surface area (Å²) in [5, 5.41) is 11.0. The van der Waals surface area contributed by atoms with Gasteiger partial charge in [0, 0.05) is 12.6 Å². The first-order chi connectivity index (χ1) is 10.8. The van der Waals surface area contributed by atoms with Crippen molar-refractivity contribution in [1.29, 1.82) is 0 Å². The van der Waals surface area contributed by atoms with E-state index in [9.17, 15) is 18.5 Å². The Labute approximate surface area is 133 Å². The Balaban J connectivity index is 2.23. The summed E-state index contributed by atoms with van der Waals surface area (Å²) >= 11 is 0. The highest BCUT2D eigenvalue weighted by Crippen LogP contribution is 2.24. The minimum absolute atomic E-state index is 0.0227. The number of nitrogens with one attached hydrogen (secondary N) is 1. The molecule has 0 spiro atoms. The van der Waals surface area contributed by atoms with Gasteiger partial charge in [0.05, 0.1) is 17.2 Å². The quantitative estimate of drug-likeness (QED) is 0.609. The molecule has 9 heteroatoms. The zero-order chi connectivity index (χ0) is 17.0. The molecule has 0 saturated carbocycles. The van der Waals surface area contributed by atoms with Gasteiger partial charge in [-0.1, -0.05) is 12.1 Å². The maximum absolute atomic E-state index is 12.4. The summed E-state index contributed by atoms with van der Waals surface area (Å²) < 4.78 is 32.5. The Morgan fingerprint density at radius 2 is 1.96 bits per heavy atom. The van der Waals surface area contributed by atoms with Crippen LogP contribution >= 0.6 is 0 Å². The van der Waals surface area contributed by atoms with Crippen molar-refractivity contribution in [1.82, 2.24) is 9.62 Å². The Bertz CT molecular complexity index is 771. The van der Waals surface area contributed by atoms with E-state index >= 15 is 0 Å². The Hall–Kier alpha value is -2.23. The third kappa shape index (κ3) is 3.95. The van der Waals surface area contributed by atoms with Crippen LogP contribution in [0, 0.1) is 10.1 Å². The SMILES string of the molecule is CN(C)[C@@H](CNS(=O)(=O)c1ccccc1[N+](=O)[O-])c1ccco1. The van der Waals surface area contributed by atoms with Crippen molar-refractivity contribution in [2.24, 2.45) is 0 Å². The number of nitrogens with zero attached hydrogens (tertiary/aromatic N) is 2. The normalized spacial score (nSPS) is 13.2. The van der Waals surface area contributed by atoms with Crippen molar-refractivity contribution in [2.45, 2.75) is 10.9 Å². The lowest BCUT2D eigenvalue weighted by Gasteiger charge is -2.22. The maximum Gasteiger partial charge on any atom is 0.289 e. The number of likely N-dealkylation sites (N-methyl/N-ethyl adjacent to an activating group) is 1. The van der Waals surface area contributed by atoms with Crippen LogP contribution < -0.4 is 4.72 Å². The first kappa shape index (κ1) is 17.1. The average molecular weight is 339 g/mol. The van der Waals surface area contributed by atoms with E-state index in [0.29, 0.717) is 5.76 Å². The Morgan fingerprint density at radius 3 is 2.52 bits per heavy atom. The van der Waals surface area contributed by atoms with E-state index in [2.05, 4.69) is 4.72 Å². The molecule has 0 radical (unpaired) electrons. The molecule has 1 heterocycles.